The van der Waals surface area contributed by atoms with Crippen molar-refractivity contribution in [3.8, 4) is 11.8 Å². The monoisotopic (exact) mass is 271 g/mol. The van der Waals surface area contributed by atoms with Gasteiger partial charge in [-0.1, -0.05) is 24.3 Å². The molecule has 0 heterocycles. The molecule has 0 saturated heterocycles. The van der Waals surface area contributed by atoms with E-state index in [9.17, 15) is 4.21 Å². The molecule has 0 spiro atoms. The first-order valence-electron chi connectivity index (χ1n) is 5.75. The van der Waals surface area contributed by atoms with E-state index in [0.717, 1.165) is 5.56 Å². The lowest BCUT2D eigenvalue weighted by atomic mass is 10.2. The summed E-state index contributed by atoms with van der Waals surface area (Å²) in [5.41, 5.74) is 1.46. The van der Waals surface area contributed by atoms with E-state index in [1.807, 2.05) is 18.2 Å². The minimum absolute atomic E-state index is 0.371. The van der Waals surface area contributed by atoms with E-state index >= 15 is 0 Å². The third-order valence-corrected chi connectivity index (χ3v) is 4.09. The molecule has 0 saturated carbocycles. The maximum Gasteiger partial charge on any atom is 0.134 e. The highest BCUT2D eigenvalue weighted by Crippen LogP contribution is 2.23. The number of nitriles is 1. The normalized spacial score (nSPS) is 11.6. The topological polar surface area (TPSA) is 50.1 Å². The maximum atomic E-state index is 12.3. The number of methoxy groups -OCH3 is 1. The number of hydrogen-bond acceptors (Lipinski definition) is 3. The average Bonchev–Trinajstić information content (AvgIpc) is 2.47. The van der Waals surface area contributed by atoms with Gasteiger partial charge in [-0.3, -0.25) is 4.21 Å². The smallest absolute Gasteiger partial charge is 0.134 e. The molecule has 0 aromatic heterocycles. The van der Waals surface area contributed by atoms with Crippen molar-refractivity contribution in [2.24, 2.45) is 0 Å². The van der Waals surface area contributed by atoms with Crippen LogP contribution in [-0.4, -0.2) is 11.3 Å². The van der Waals surface area contributed by atoms with Crippen LogP contribution in [0, 0.1) is 11.3 Å². The Labute approximate surface area is 114 Å². The average molecular weight is 271 g/mol. The zero-order valence-electron chi connectivity index (χ0n) is 10.5. The number of ether oxygens (including phenoxy) is 1. The molecule has 4 heteroatoms. The number of para-hydroxylation sites is 1. The number of rotatable bonds is 4. The molecule has 2 aromatic carbocycles. The highest BCUT2D eigenvalue weighted by Gasteiger charge is 2.10. The Morgan fingerprint density at radius 2 is 2.00 bits per heavy atom. The van der Waals surface area contributed by atoms with E-state index in [0.29, 0.717) is 22.0 Å². The maximum absolute atomic E-state index is 12.3. The molecule has 0 aliphatic rings. The van der Waals surface area contributed by atoms with Crippen molar-refractivity contribution in [3.05, 3.63) is 59.7 Å². The predicted molar refractivity (Wildman–Crippen MR) is 74.3 cm³/mol. The molecule has 0 N–H and O–H groups in total. The van der Waals surface area contributed by atoms with Gasteiger partial charge in [0.1, 0.15) is 5.75 Å². The standard InChI is InChI=1S/C15H13NO2S/c1-18-14-7-2-3-8-15(14)19(17)11-13-6-4-5-12(9-13)10-16/h2-9H,11H2,1H3. The lowest BCUT2D eigenvalue weighted by molar-refractivity contribution is 0.404. The molecule has 0 aliphatic carbocycles. The van der Waals surface area contributed by atoms with Crippen LogP contribution in [0.1, 0.15) is 11.1 Å². The number of benzene rings is 2. The van der Waals surface area contributed by atoms with Crippen molar-refractivity contribution in [2.45, 2.75) is 10.6 Å². The Morgan fingerprint density at radius 1 is 1.21 bits per heavy atom. The van der Waals surface area contributed by atoms with Crippen molar-refractivity contribution >= 4 is 10.8 Å². The molecule has 0 radical (unpaired) electrons. The van der Waals surface area contributed by atoms with Crippen LogP contribution in [0.25, 0.3) is 0 Å². The van der Waals surface area contributed by atoms with Crippen molar-refractivity contribution in [2.75, 3.05) is 7.11 Å². The molecule has 0 aliphatic heterocycles. The first kappa shape index (κ1) is 13.3. The summed E-state index contributed by atoms with van der Waals surface area (Å²) in [4.78, 5) is 0.673. The Morgan fingerprint density at radius 3 is 2.74 bits per heavy atom. The van der Waals surface area contributed by atoms with E-state index in [1.54, 1.807) is 37.4 Å². The summed E-state index contributed by atoms with van der Waals surface area (Å²) in [6.45, 7) is 0. The van der Waals surface area contributed by atoms with Crippen molar-refractivity contribution in [3.63, 3.8) is 0 Å². The van der Waals surface area contributed by atoms with Crippen LogP contribution in [0.15, 0.2) is 53.4 Å². The summed E-state index contributed by atoms with van der Waals surface area (Å²) in [5, 5.41) is 8.85. The van der Waals surface area contributed by atoms with Gasteiger partial charge in [0.15, 0.2) is 0 Å². The van der Waals surface area contributed by atoms with Crippen LogP contribution < -0.4 is 4.74 Å². The van der Waals surface area contributed by atoms with E-state index in [-0.39, 0.29) is 0 Å². The first-order chi connectivity index (χ1) is 9.24. The summed E-state index contributed by atoms with van der Waals surface area (Å²) < 4.78 is 17.5. The Hall–Kier alpha value is -2.12. The van der Waals surface area contributed by atoms with Gasteiger partial charge in [-0.05, 0) is 29.8 Å². The fourth-order valence-corrected chi connectivity index (χ4v) is 3.01. The van der Waals surface area contributed by atoms with E-state index in [4.69, 9.17) is 10.00 Å². The quantitative estimate of drug-likeness (QED) is 0.859. The second kappa shape index (κ2) is 6.17. The number of hydrogen-bond donors (Lipinski definition) is 0. The summed E-state index contributed by atoms with van der Waals surface area (Å²) in [7, 11) is 0.371. The fourth-order valence-electron chi connectivity index (χ4n) is 1.77. The third kappa shape index (κ3) is 3.21. The molecule has 2 aromatic rings. The van der Waals surface area contributed by atoms with E-state index in [2.05, 4.69) is 6.07 Å². The van der Waals surface area contributed by atoms with Gasteiger partial charge in [0.05, 0.1) is 40.2 Å². The van der Waals surface area contributed by atoms with Crippen molar-refractivity contribution < 1.29 is 8.95 Å². The Bertz CT molecular complexity index is 647. The molecule has 0 amide bonds. The van der Waals surface area contributed by atoms with E-state index < -0.39 is 10.8 Å². The molecular formula is C15H13NO2S. The highest BCUT2D eigenvalue weighted by atomic mass is 32.2. The lowest BCUT2D eigenvalue weighted by Crippen LogP contribution is -1.99. The predicted octanol–water partition coefficient (Wildman–Crippen LogP) is 2.87. The zero-order chi connectivity index (χ0) is 13.7. The SMILES string of the molecule is COc1ccccc1S(=O)Cc1cccc(C#N)c1. The van der Waals surface area contributed by atoms with Gasteiger partial charge in [0.25, 0.3) is 0 Å². The fraction of sp³-hybridized carbons (Fsp3) is 0.133. The molecule has 0 bridgehead atoms. The molecule has 19 heavy (non-hydrogen) atoms. The Balaban J connectivity index is 2.23. The molecule has 1 unspecified atom stereocenters. The first-order valence-corrected chi connectivity index (χ1v) is 7.07. The Kier molecular flexibility index (Phi) is 4.32. The summed E-state index contributed by atoms with van der Waals surface area (Å²) in [6.07, 6.45) is 0. The van der Waals surface area contributed by atoms with Gasteiger partial charge < -0.3 is 4.74 Å². The second-order valence-corrected chi connectivity index (χ2v) is 5.37. The molecule has 3 nitrogen and oxygen atoms in total. The third-order valence-electron chi connectivity index (χ3n) is 2.67. The van der Waals surface area contributed by atoms with Crippen molar-refractivity contribution in [1.82, 2.24) is 0 Å². The largest absolute Gasteiger partial charge is 0.495 e. The van der Waals surface area contributed by atoms with Gasteiger partial charge in [-0.2, -0.15) is 5.26 Å². The van der Waals surface area contributed by atoms with Crippen LogP contribution in [-0.2, 0) is 16.6 Å². The van der Waals surface area contributed by atoms with Gasteiger partial charge in [-0.25, -0.2) is 0 Å². The van der Waals surface area contributed by atoms with Gasteiger partial charge in [0.2, 0.25) is 0 Å². The van der Waals surface area contributed by atoms with Crippen LogP contribution in [0.3, 0.4) is 0 Å². The molecule has 0 fully saturated rings. The van der Waals surface area contributed by atoms with E-state index in [1.165, 1.54) is 0 Å². The molecule has 96 valence electrons. The van der Waals surface area contributed by atoms with Gasteiger partial charge in [0, 0.05) is 0 Å². The molecular weight excluding hydrogens is 258 g/mol. The minimum Gasteiger partial charge on any atom is -0.495 e. The van der Waals surface area contributed by atoms with Crippen molar-refractivity contribution in [1.29, 1.82) is 5.26 Å². The molecule has 2 rings (SSSR count). The van der Waals surface area contributed by atoms with Crippen LogP contribution in [0.2, 0.25) is 0 Å². The van der Waals surface area contributed by atoms with Crippen LogP contribution >= 0.6 is 0 Å². The van der Waals surface area contributed by atoms with Crippen LogP contribution in [0.4, 0.5) is 0 Å². The molecule has 1 atom stereocenters. The summed E-state index contributed by atoms with van der Waals surface area (Å²) in [5.74, 6) is 0.993. The highest BCUT2D eigenvalue weighted by molar-refractivity contribution is 7.84. The summed E-state index contributed by atoms with van der Waals surface area (Å²) >= 11 is 0. The minimum atomic E-state index is -1.19. The second-order valence-electron chi connectivity index (χ2n) is 3.95. The summed E-state index contributed by atoms with van der Waals surface area (Å²) in [6, 6.07) is 16.5. The van der Waals surface area contributed by atoms with Gasteiger partial charge >= 0.3 is 0 Å². The number of nitrogens with zero attached hydrogens (tertiary/aromatic N) is 1. The van der Waals surface area contributed by atoms with Crippen LogP contribution in [0.5, 0.6) is 5.75 Å². The lowest BCUT2D eigenvalue weighted by Gasteiger charge is -2.08. The zero-order valence-corrected chi connectivity index (χ0v) is 11.3. The van der Waals surface area contributed by atoms with Gasteiger partial charge in [-0.15, -0.1) is 0 Å².